The molecule has 0 radical (unpaired) electrons. The van der Waals surface area contributed by atoms with E-state index in [-0.39, 0.29) is 24.7 Å². The van der Waals surface area contributed by atoms with E-state index in [1.807, 2.05) is 38.1 Å². The molecule has 1 aliphatic heterocycles. The van der Waals surface area contributed by atoms with Crippen LogP contribution in [0.4, 0.5) is 5.69 Å². The number of ether oxygens (including phenoxy) is 3. The minimum absolute atomic E-state index is 0.121. The van der Waals surface area contributed by atoms with E-state index < -0.39 is 18.2 Å². The molecule has 0 bridgehead atoms. The number of anilines is 1. The number of aliphatic carboxylic acids is 1. The lowest BCUT2D eigenvalue weighted by Crippen LogP contribution is -2.42. The average Bonchev–Trinajstić information content (AvgIpc) is 3.26. The number of rotatable bonds is 9. The van der Waals surface area contributed by atoms with Crippen LogP contribution in [0, 0.1) is 5.92 Å². The molecule has 0 saturated carbocycles. The van der Waals surface area contributed by atoms with Gasteiger partial charge in [-0.3, -0.25) is 9.59 Å². The number of thiazole rings is 1. The number of carbonyl (C=O) groups is 2. The number of para-hydroxylation sites is 1. The number of nitrogens with zero attached hydrogens (tertiary/aromatic N) is 2. The van der Waals surface area contributed by atoms with Gasteiger partial charge in [0.15, 0.2) is 11.5 Å². The van der Waals surface area contributed by atoms with Crippen molar-refractivity contribution in [2.75, 3.05) is 25.7 Å². The molecule has 2 heterocycles. The van der Waals surface area contributed by atoms with Gasteiger partial charge in [0.25, 0.3) is 5.91 Å². The Morgan fingerprint density at radius 3 is 2.68 bits per heavy atom. The van der Waals surface area contributed by atoms with Gasteiger partial charge in [0.1, 0.15) is 12.2 Å². The SMILES string of the molecule is COc1cccc([C@H]2O[C@H](Cc3ncc(CC(=O)O)s3)C(=O)N(CC(C)C)c3ccc(Cl)cc32)c1OC. The number of benzene rings is 2. The quantitative estimate of drug-likeness (QED) is 0.397. The third-order valence-corrected chi connectivity index (χ3v) is 7.21. The van der Waals surface area contributed by atoms with Crippen molar-refractivity contribution in [3.8, 4) is 11.5 Å². The van der Waals surface area contributed by atoms with Gasteiger partial charge in [-0.25, -0.2) is 4.98 Å². The fraction of sp³-hybridized carbons (Fsp3) is 0.370. The molecular formula is C27H29ClN2O6S. The Morgan fingerprint density at radius 2 is 2.00 bits per heavy atom. The largest absolute Gasteiger partial charge is 0.493 e. The van der Waals surface area contributed by atoms with Crippen LogP contribution in [0.1, 0.15) is 41.0 Å². The van der Waals surface area contributed by atoms with Crippen LogP contribution < -0.4 is 14.4 Å². The highest BCUT2D eigenvalue weighted by Gasteiger charge is 2.38. The van der Waals surface area contributed by atoms with Gasteiger partial charge >= 0.3 is 5.97 Å². The summed E-state index contributed by atoms with van der Waals surface area (Å²) >= 11 is 7.71. The van der Waals surface area contributed by atoms with E-state index in [1.54, 1.807) is 31.3 Å². The smallest absolute Gasteiger partial charge is 0.308 e. The monoisotopic (exact) mass is 544 g/mol. The zero-order valence-corrected chi connectivity index (χ0v) is 22.6. The van der Waals surface area contributed by atoms with Crippen molar-refractivity contribution in [3.63, 3.8) is 0 Å². The average molecular weight is 545 g/mol. The van der Waals surface area contributed by atoms with Crippen LogP contribution in [0.3, 0.4) is 0 Å². The Hall–Kier alpha value is -3.14. The summed E-state index contributed by atoms with van der Waals surface area (Å²) in [4.78, 5) is 31.8. The van der Waals surface area contributed by atoms with E-state index in [2.05, 4.69) is 4.98 Å². The molecule has 8 nitrogen and oxygen atoms in total. The van der Waals surface area contributed by atoms with Crippen molar-refractivity contribution in [2.24, 2.45) is 5.92 Å². The van der Waals surface area contributed by atoms with E-state index in [0.29, 0.717) is 44.2 Å². The first-order valence-electron chi connectivity index (χ1n) is 11.8. The first kappa shape index (κ1) is 26.9. The molecule has 3 aromatic rings. The predicted octanol–water partition coefficient (Wildman–Crippen LogP) is 5.16. The Morgan fingerprint density at radius 1 is 1.22 bits per heavy atom. The molecule has 1 N–H and O–H groups in total. The Labute approximate surface area is 224 Å². The normalized spacial score (nSPS) is 17.5. The molecule has 196 valence electrons. The molecule has 4 rings (SSSR count). The van der Waals surface area contributed by atoms with Gasteiger partial charge in [0.2, 0.25) is 0 Å². The number of carbonyl (C=O) groups excluding carboxylic acids is 1. The Balaban J connectivity index is 1.84. The molecule has 10 heteroatoms. The molecule has 0 fully saturated rings. The fourth-order valence-corrected chi connectivity index (χ4v) is 5.57. The number of hydrogen-bond donors (Lipinski definition) is 1. The maximum absolute atomic E-state index is 14.0. The molecule has 1 aliphatic rings. The first-order chi connectivity index (χ1) is 17.7. The van der Waals surface area contributed by atoms with Crippen molar-refractivity contribution in [2.45, 2.75) is 38.9 Å². The van der Waals surface area contributed by atoms with Crippen LogP contribution in [-0.2, 0) is 27.2 Å². The molecule has 2 aromatic carbocycles. The van der Waals surface area contributed by atoms with E-state index in [1.165, 1.54) is 17.5 Å². The summed E-state index contributed by atoms with van der Waals surface area (Å²) < 4.78 is 17.8. The first-order valence-corrected chi connectivity index (χ1v) is 13.0. The van der Waals surface area contributed by atoms with Crippen molar-refractivity contribution < 1.29 is 28.9 Å². The van der Waals surface area contributed by atoms with Crippen LogP contribution >= 0.6 is 22.9 Å². The molecule has 0 aliphatic carbocycles. The third-order valence-electron chi connectivity index (χ3n) is 5.96. The molecule has 1 aromatic heterocycles. The van der Waals surface area contributed by atoms with Gasteiger partial charge in [-0.2, -0.15) is 0 Å². The summed E-state index contributed by atoms with van der Waals surface area (Å²) in [6.45, 7) is 4.58. The molecular weight excluding hydrogens is 516 g/mol. The second-order valence-electron chi connectivity index (χ2n) is 9.13. The number of halogens is 1. The number of amides is 1. The minimum Gasteiger partial charge on any atom is -0.493 e. The van der Waals surface area contributed by atoms with E-state index >= 15 is 0 Å². The van der Waals surface area contributed by atoms with Crippen molar-refractivity contribution in [3.05, 3.63) is 68.6 Å². The number of carboxylic acid groups (broad SMARTS) is 1. The zero-order chi connectivity index (χ0) is 26.7. The van der Waals surface area contributed by atoms with E-state index in [9.17, 15) is 9.59 Å². The van der Waals surface area contributed by atoms with Crippen LogP contribution in [0.15, 0.2) is 42.6 Å². The molecule has 37 heavy (non-hydrogen) atoms. The molecule has 0 unspecified atom stereocenters. The zero-order valence-electron chi connectivity index (χ0n) is 21.1. The highest BCUT2D eigenvalue weighted by molar-refractivity contribution is 7.11. The van der Waals surface area contributed by atoms with Gasteiger partial charge in [-0.15, -0.1) is 11.3 Å². The second-order valence-corrected chi connectivity index (χ2v) is 10.8. The number of fused-ring (bicyclic) bond motifs is 1. The van der Waals surface area contributed by atoms with Gasteiger partial charge in [-0.05, 0) is 30.2 Å². The summed E-state index contributed by atoms with van der Waals surface area (Å²) in [6, 6.07) is 10.9. The van der Waals surface area contributed by atoms with Gasteiger partial charge in [0, 0.05) is 45.9 Å². The second kappa shape index (κ2) is 11.5. The standard InChI is InChI=1S/C27H29ClN2O6S/c1-15(2)14-30-20-9-8-16(28)10-19(20)25(18-6-5-7-21(34-3)26(18)35-4)36-22(27(30)33)12-23-29-13-17(37-23)11-24(31)32/h5-10,13,15,22,25H,11-12,14H2,1-4H3,(H,31,32)/t22-,25-/m1/s1. The number of carboxylic acids is 1. The Bertz CT molecular complexity index is 1290. The number of hydrogen-bond acceptors (Lipinski definition) is 7. The van der Waals surface area contributed by atoms with E-state index in [0.717, 1.165) is 5.56 Å². The summed E-state index contributed by atoms with van der Waals surface area (Å²) in [5, 5.41) is 10.3. The lowest BCUT2D eigenvalue weighted by atomic mass is 9.97. The van der Waals surface area contributed by atoms with Gasteiger partial charge in [-0.1, -0.05) is 37.6 Å². The topological polar surface area (TPSA) is 98.2 Å². The van der Waals surface area contributed by atoms with Crippen LogP contribution in [-0.4, -0.2) is 48.8 Å². The Kier molecular flexibility index (Phi) is 8.36. The van der Waals surface area contributed by atoms with Crippen LogP contribution in [0.2, 0.25) is 5.02 Å². The number of methoxy groups -OCH3 is 2. The van der Waals surface area contributed by atoms with Gasteiger partial charge < -0.3 is 24.2 Å². The molecule has 2 atom stereocenters. The fourth-order valence-electron chi connectivity index (χ4n) is 4.45. The third kappa shape index (κ3) is 5.89. The maximum Gasteiger partial charge on any atom is 0.308 e. The van der Waals surface area contributed by atoms with Gasteiger partial charge in [0.05, 0.1) is 25.6 Å². The van der Waals surface area contributed by atoms with E-state index in [4.69, 9.17) is 30.9 Å². The summed E-state index contributed by atoms with van der Waals surface area (Å²) in [7, 11) is 3.12. The lowest BCUT2D eigenvalue weighted by Gasteiger charge is -2.26. The van der Waals surface area contributed by atoms with Crippen molar-refractivity contribution >= 4 is 40.5 Å². The maximum atomic E-state index is 14.0. The lowest BCUT2D eigenvalue weighted by molar-refractivity contribution is -0.136. The molecule has 0 spiro atoms. The molecule has 0 saturated heterocycles. The molecule has 1 amide bonds. The highest BCUT2D eigenvalue weighted by Crippen LogP contribution is 2.45. The highest BCUT2D eigenvalue weighted by atomic mass is 35.5. The summed E-state index contributed by atoms with van der Waals surface area (Å²) in [5.74, 6) is 0.103. The summed E-state index contributed by atoms with van der Waals surface area (Å²) in [6.07, 6.45) is 0.0444. The van der Waals surface area contributed by atoms with Crippen LogP contribution in [0.5, 0.6) is 11.5 Å². The predicted molar refractivity (Wildman–Crippen MR) is 142 cm³/mol. The number of aromatic nitrogens is 1. The van der Waals surface area contributed by atoms with Crippen molar-refractivity contribution in [1.29, 1.82) is 0 Å². The minimum atomic E-state index is -0.933. The van der Waals surface area contributed by atoms with Crippen LogP contribution in [0.25, 0.3) is 0 Å². The summed E-state index contributed by atoms with van der Waals surface area (Å²) in [5.41, 5.74) is 2.15. The van der Waals surface area contributed by atoms with Crippen molar-refractivity contribution in [1.82, 2.24) is 4.98 Å².